The van der Waals surface area contributed by atoms with Gasteiger partial charge in [-0.05, 0) is 74.6 Å². The van der Waals surface area contributed by atoms with E-state index < -0.39 is 16.6 Å². The largest absolute Gasteiger partial charge is 0.474 e. The van der Waals surface area contributed by atoms with Gasteiger partial charge < -0.3 is 25.0 Å². The lowest BCUT2D eigenvalue weighted by Crippen LogP contribution is -2.46. The van der Waals surface area contributed by atoms with Crippen molar-refractivity contribution in [2.45, 2.75) is 51.0 Å². The third-order valence-corrected chi connectivity index (χ3v) is 9.70. The number of aliphatic hydroxyl groups excluding tert-OH is 1. The molecule has 0 bridgehead atoms. The molecule has 2 saturated heterocycles. The van der Waals surface area contributed by atoms with Crippen LogP contribution in [0.2, 0.25) is 0 Å². The van der Waals surface area contributed by atoms with E-state index in [1.807, 2.05) is 6.07 Å². The van der Waals surface area contributed by atoms with Crippen LogP contribution in [0.5, 0.6) is 5.88 Å². The number of carbonyl (C=O) groups is 1. The van der Waals surface area contributed by atoms with Crippen LogP contribution in [0.1, 0.15) is 55.3 Å². The van der Waals surface area contributed by atoms with Gasteiger partial charge in [-0.1, -0.05) is 0 Å². The van der Waals surface area contributed by atoms with Gasteiger partial charge in [0, 0.05) is 19.6 Å². The predicted octanol–water partition coefficient (Wildman–Crippen LogP) is 3.20. The Balaban J connectivity index is 1.26. The monoisotopic (exact) mass is 541 g/mol. The molecule has 6 rings (SSSR count). The molecular weight excluding hydrogens is 506 g/mol. The molecule has 1 saturated carbocycles. The van der Waals surface area contributed by atoms with E-state index in [4.69, 9.17) is 9.84 Å². The number of rotatable bonds is 7. The number of hydrogen-bond acceptors (Lipinski definition) is 8. The van der Waals surface area contributed by atoms with Gasteiger partial charge in [0.15, 0.2) is 0 Å². The molecule has 1 spiro atoms. The highest BCUT2D eigenvalue weighted by molar-refractivity contribution is 7.92. The van der Waals surface area contributed by atoms with Gasteiger partial charge in [-0.3, -0.25) is 9.52 Å². The molecule has 0 radical (unpaired) electrons. The van der Waals surface area contributed by atoms with Crippen molar-refractivity contribution in [3.05, 3.63) is 36.0 Å². The molecule has 1 aromatic heterocycles. The van der Waals surface area contributed by atoms with E-state index in [0.717, 1.165) is 51.0 Å². The molecule has 1 atom stereocenters. The Labute approximate surface area is 223 Å². The van der Waals surface area contributed by atoms with Crippen LogP contribution in [0, 0.1) is 5.41 Å². The van der Waals surface area contributed by atoms with Gasteiger partial charge in [0.2, 0.25) is 15.9 Å². The summed E-state index contributed by atoms with van der Waals surface area (Å²) in [5, 5.41) is 12.1. The SMILES string of the molecule is O=C(Nc1cnc2c(c1)N1CCCC[C@H]1CO2)c1ccc(NS(=O)(=O)CCO)cc1N1CCC2(CC1)CC2. The van der Waals surface area contributed by atoms with E-state index in [9.17, 15) is 13.2 Å². The molecule has 10 nitrogen and oxygen atoms in total. The molecule has 3 aliphatic heterocycles. The first-order valence-corrected chi connectivity index (χ1v) is 15.2. The van der Waals surface area contributed by atoms with Crippen LogP contribution in [0.3, 0.4) is 0 Å². The summed E-state index contributed by atoms with van der Waals surface area (Å²) in [4.78, 5) is 22.6. The number of benzene rings is 1. The number of hydrogen-bond donors (Lipinski definition) is 3. The summed E-state index contributed by atoms with van der Waals surface area (Å²) < 4.78 is 33.0. The molecule has 3 fully saturated rings. The Morgan fingerprint density at radius 3 is 2.63 bits per heavy atom. The maximum Gasteiger partial charge on any atom is 0.257 e. The molecule has 11 heteroatoms. The molecule has 1 amide bonds. The number of fused-ring (bicyclic) bond motifs is 3. The minimum absolute atomic E-state index is 0.273. The minimum atomic E-state index is -3.68. The predicted molar refractivity (Wildman–Crippen MR) is 147 cm³/mol. The van der Waals surface area contributed by atoms with Crippen molar-refractivity contribution in [1.29, 1.82) is 0 Å². The second-order valence-corrected chi connectivity index (χ2v) is 12.9. The Morgan fingerprint density at radius 1 is 1.08 bits per heavy atom. The van der Waals surface area contributed by atoms with Gasteiger partial charge in [0.1, 0.15) is 12.3 Å². The van der Waals surface area contributed by atoms with Crippen LogP contribution in [-0.4, -0.2) is 69.1 Å². The van der Waals surface area contributed by atoms with Crippen molar-refractivity contribution in [3.8, 4) is 5.88 Å². The van der Waals surface area contributed by atoms with Gasteiger partial charge in [-0.2, -0.15) is 0 Å². The molecule has 204 valence electrons. The molecular formula is C27H35N5O5S. The molecule has 38 heavy (non-hydrogen) atoms. The summed E-state index contributed by atoms with van der Waals surface area (Å²) in [5.74, 6) is -0.0576. The normalized spacial score (nSPS) is 21.8. The van der Waals surface area contributed by atoms with E-state index in [-0.39, 0.29) is 11.7 Å². The Hall–Kier alpha value is -3.05. The van der Waals surface area contributed by atoms with Crippen LogP contribution in [0.15, 0.2) is 30.5 Å². The second-order valence-electron chi connectivity index (χ2n) is 11.0. The number of nitrogens with zero attached hydrogens (tertiary/aromatic N) is 3. The quantitative estimate of drug-likeness (QED) is 0.488. The highest BCUT2D eigenvalue weighted by Gasteiger charge is 2.44. The van der Waals surface area contributed by atoms with E-state index in [2.05, 4.69) is 24.8 Å². The van der Waals surface area contributed by atoms with E-state index in [1.54, 1.807) is 24.4 Å². The summed E-state index contributed by atoms with van der Waals surface area (Å²) >= 11 is 0. The molecule has 1 aliphatic carbocycles. The van der Waals surface area contributed by atoms with Crippen LogP contribution in [0.4, 0.5) is 22.7 Å². The summed E-state index contributed by atoms with van der Waals surface area (Å²) in [7, 11) is -3.68. The number of ether oxygens (including phenoxy) is 1. The number of anilines is 4. The third-order valence-electron chi connectivity index (χ3n) is 8.44. The first kappa shape index (κ1) is 25.2. The fraction of sp³-hybridized carbons (Fsp3) is 0.556. The lowest BCUT2D eigenvalue weighted by Gasteiger charge is -2.41. The van der Waals surface area contributed by atoms with Crippen molar-refractivity contribution in [2.24, 2.45) is 5.41 Å². The zero-order valence-corrected chi connectivity index (χ0v) is 22.3. The highest BCUT2D eigenvalue weighted by Crippen LogP contribution is 2.54. The molecule has 3 N–H and O–H groups in total. The average molecular weight is 542 g/mol. The van der Waals surface area contributed by atoms with Gasteiger partial charge in [0.05, 0.1) is 47.2 Å². The van der Waals surface area contributed by atoms with Gasteiger partial charge in [0.25, 0.3) is 5.91 Å². The summed E-state index contributed by atoms with van der Waals surface area (Å²) in [5.41, 5.74) is 3.53. The van der Waals surface area contributed by atoms with Crippen molar-refractivity contribution >= 4 is 38.7 Å². The molecule has 1 aromatic carbocycles. The maximum atomic E-state index is 13.6. The fourth-order valence-electron chi connectivity index (χ4n) is 5.99. The summed E-state index contributed by atoms with van der Waals surface area (Å²) in [6.07, 6.45) is 9.70. The first-order valence-electron chi connectivity index (χ1n) is 13.6. The van der Waals surface area contributed by atoms with E-state index in [0.29, 0.717) is 46.6 Å². The Morgan fingerprint density at radius 2 is 1.87 bits per heavy atom. The number of sulfonamides is 1. The van der Waals surface area contributed by atoms with Crippen LogP contribution in [0.25, 0.3) is 0 Å². The number of aliphatic hydroxyl groups is 1. The van der Waals surface area contributed by atoms with Gasteiger partial charge in [-0.25, -0.2) is 13.4 Å². The van der Waals surface area contributed by atoms with Gasteiger partial charge >= 0.3 is 0 Å². The van der Waals surface area contributed by atoms with Gasteiger partial charge in [-0.15, -0.1) is 0 Å². The molecule has 0 unspecified atom stereocenters. The van der Waals surface area contributed by atoms with E-state index >= 15 is 0 Å². The summed E-state index contributed by atoms with van der Waals surface area (Å²) in [6, 6.07) is 7.26. The number of carbonyl (C=O) groups excluding carboxylic acids is 1. The number of nitrogens with one attached hydrogen (secondary N) is 2. The Bertz CT molecular complexity index is 1320. The lowest BCUT2D eigenvalue weighted by atomic mass is 9.93. The highest BCUT2D eigenvalue weighted by atomic mass is 32.2. The fourth-order valence-corrected chi connectivity index (χ4v) is 6.82. The average Bonchev–Trinajstić information content (AvgIpc) is 3.67. The van der Waals surface area contributed by atoms with Crippen molar-refractivity contribution < 1.29 is 23.1 Å². The smallest absolute Gasteiger partial charge is 0.257 e. The lowest BCUT2D eigenvalue weighted by molar-refractivity contribution is 0.102. The summed E-state index contributed by atoms with van der Waals surface area (Å²) in [6.45, 7) is 2.77. The Kier molecular flexibility index (Phi) is 6.59. The second kappa shape index (κ2) is 9.92. The van der Waals surface area contributed by atoms with Crippen LogP contribution >= 0.6 is 0 Å². The molecule has 4 heterocycles. The van der Waals surface area contributed by atoms with Crippen molar-refractivity contribution in [2.75, 3.05) is 58.4 Å². The number of pyridine rings is 1. The minimum Gasteiger partial charge on any atom is -0.474 e. The van der Waals surface area contributed by atoms with Crippen molar-refractivity contribution in [1.82, 2.24) is 4.98 Å². The zero-order valence-electron chi connectivity index (χ0n) is 21.5. The standard InChI is InChI=1S/C27H35N5O5S/c33-13-14-38(35,36)30-19-4-5-22(23(15-19)31-11-8-27(6-7-27)9-12-31)25(34)29-20-16-24-26(28-17-20)37-18-21-3-1-2-10-32(21)24/h4-5,15-17,21,30,33H,1-3,6-14,18H2,(H,29,34)/t21-/m0/s1. The number of aromatic nitrogens is 1. The third kappa shape index (κ3) is 5.13. The molecule has 2 aromatic rings. The zero-order chi connectivity index (χ0) is 26.3. The molecule has 4 aliphatic rings. The topological polar surface area (TPSA) is 124 Å². The number of amides is 1. The van der Waals surface area contributed by atoms with E-state index in [1.165, 1.54) is 19.3 Å². The van der Waals surface area contributed by atoms with Crippen LogP contribution < -0.4 is 24.6 Å². The maximum absolute atomic E-state index is 13.6. The first-order chi connectivity index (χ1) is 18.3. The number of piperidine rings is 2. The van der Waals surface area contributed by atoms with Crippen molar-refractivity contribution in [3.63, 3.8) is 0 Å². The van der Waals surface area contributed by atoms with Crippen LogP contribution in [-0.2, 0) is 10.0 Å².